The lowest BCUT2D eigenvalue weighted by molar-refractivity contribution is 0.275. The van der Waals surface area contributed by atoms with Crippen LogP contribution < -0.4 is 0 Å². The molecular formula is C11H16FN3. The van der Waals surface area contributed by atoms with E-state index in [0.29, 0.717) is 0 Å². The second-order valence-electron chi connectivity index (χ2n) is 3.37. The van der Waals surface area contributed by atoms with Crippen molar-refractivity contribution in [3.8, 4) is 0 Å². The van der Waals surface area contributed by atoms with Crippen molar-refractivity contribution in [3.05, 3.63) is 29.8 Å². The lowest BCUT2D eigenvalue weighted by Crippen LogP contribution is -2.16. The second kappa shape index (κ2) is 5.44. The van der Waals surface area contributed by atoms with Crippen molar-refractivity contribution in [1.82, 2.24) is 9.99 Å². The summed E-state index contributed by atoms with van der Waals surface area (Å²) >= 11 is 0. The molecule has 1 heterocycles. The van der Waals surface area contributed by atoms with Gasteiger partial charge in [0.1, 0.15) is 0 Å². The number of aromatic nitrogens is 1. The van der Waals surface area contributed by atoms with E-state index in [0.717, 1.165) is 12.0 Å². The number of rotatable bonds is 4. The summed E-state index contributed by atoms with van der Waals surface area (Å²) in [5, 5.41) is 6.06. The zero-order chi connectivity index (χ0) is 11.3. The first-order chi connectivity index (χ1) is 7.15. The molecule has 3 nitrogen and oxygen atoms in total. The third kappa shape index (κ3) is 3.31. The minimum Gasteiger partial charge on any atom is -0.293 e. The molecule has 0 amide bonds. The van der Waals surface area contributed by atoms with Crippen LogP contribution in [0.15, 0.2) is 23.4 Å². The van der Waals surface area contributed by atoms with Crippen LogP contribution in [0.4, 0.5) is 4.39 Å². The van der Waals surface area contributed by atoms with Crippen molar-refractivity contribution < 1.29 is 4.39 Å². The monoisotopic (exact) mass is 209 g/mol. The second-order valence-corrected chi connectivity index (χ2v) is 3.37. The molecule has 0 N–H and O–H groups in total. The van der Waals surface area contributed by atoms with E-state index in [1.165, 1.54) is 12.3 Å². The highest BCUT2D eigenvalue weighted by atomic mass is 19.1. The molecule has 1 aromatic heterocycles. The average Bonchev–Trinajstić information content (AvgIpc) is 2.26. The number of nitrogens with zero attached hydrogens (tertiary/aromatic N) is 3. The van der Waals surface area contributed by atoms with Crippen molar-refractivity contribution in [2.75, 3.05) is 7.05 Å². The largest absolute Gasteiger partial charge is 0.293 e. The van der Waals surface area contributed by atoms with Gasteiger partial charge < -0.3 is 0 Å². The van der Waals surface area contributed by atoms with E-state index in [1.54, 1.807) is 6.07 Å². The molecule has 1 atom stereocenters. The van der Waals surface area contributed by atoms with E-state index < -0.39 is 5.95 Å². The standard InChI is InChI=1S/C11H16FN3/c1-4-7-14-15(3)9(2)10-5-6-11(12)13-8-10/h5-9H,4H2,1-3H3/b14-7-. The number of hydrazone groups is 1. The molecule has 0 bridgehead atoms. The van der Waals surface area contributed by atoms with Gasteiger partial charge in [0.2, 0.25) is 5.95 Å². The lowest BCUT2D eigenvalue weighted by atomic mass is 10.1. The Balaban J connectivity index is 2.71. The van der Waals surface area contributed by atoms with Gasteiger partial charge >= 0.3 is 0 Å². The molecule has 4 heteroatoms. The van der Waals surface area contributed by atoms with E-state index in [9.17, 15) is 4.39 Å². The zero-order valence-electron chi connectivity index (χ0n) is 9.31. The summed E-state index contributed by atoms with van der Waals surface area (Å²) in [5.41, 5.74) is 0.951. The predicted molar refractivity (Wildman–Crippen MR) is 59.2 cm³/mol. The van der Waals surface area contributed by atoms with E-state index in [2.05, 4.69) is 10.1 Å². The minimum absolute atomic E-state index is 0.0981. The fourth-order valence-electron chi connectivity index (χ4n) is 1.16. The summed E-state index contributed by atoms with van der Waals surface area (Å²) in [6.45, 7) is 4.03. The molecule has 0 aliphatic heterocycles. The topological polar surface area (TPSA) is 28.5 Å². The van der Waals surface area contributed by atoms with Gasteiger partial charge in [0, 0.05) is 19.5 Å². The van der Waals surface area contributed by atoms with Gasteiger partial charge in [0.25, 0.3) is 0 Å². The van der Waals surface area contributed by atoms with Crippen LogP contribution in [0.5, 0.6) is 0 Å². The normalized spacial score (nSPS) is 13.1. The molecule has 15 heavy (non-hydrogen) atoms. The van der Waals surface area contributed by atoms with Crippen LogP contribution in [0, 0.1) is 5.95 Å². The Bertz CT molecular complexity index is 321. The summed E-state index contributed by atoms with van der Waals surface area (Å²) in [6, 6.07) is 3.19. The molecule has 0 saturated heterocycles. The highest BCUT2D eigenvalue weighted by Crippen LogP contribution is 2.17. The van der Waals surface area contributed by atoms with Gasteiger partial charge in [-0.3, -0.25) is 5.01 Å². The Hall–Kier alpha value is -1.45. The van der Waals surface area contributed by atoms with E-state index in [-0.39, 0.29) is 6.04 Å². The van der Waals surface area contributed by atoms with Gasteiger partial charge in [0.05, 0.1) is 6.04 Å². The Morgan fingerprint density at radius 2 is 2.33 bits per heavy atom. The molecule has 1 aromatic rings. The summed E-state index contributed by atoms with van der Waals surface area (Å²) < 4.78 is 12.6. The maximum absolute atomic E-state index is 12.6. The molecule has 0 aromatic carbocycles. The minimum atomic E-state index is -0.453. The summed E-state index contributed by atoms with van der Waals surface area (Å²) in [6.07, 6.45) is 4.28. The summed E-state index contributed by atoms with van der Waals surface area (Å²) in [5.74, 6) is -0.453. The molecule has 0 aliphatic rings. The van der Waals surface area contributed by atoms with E-state index >= 15 is 0 Å². The maximum atomic E-state index is 12.6. The van der Waals surface area contributed by atoms with Crippen LogP contribution in [0.2, 0.25) is 0 Å². The van der Waals surface area contributed by atoms with Crippen LogP contribution in [0.3, 0.4) is 0 Å². The molecule has 0 radical (unpaired) electrons. The van der Waals surface area contributed by atoms with Crippen molar-refractivity contribution in [3.63, 3.8) is 0 Å². The van der Waals surface area contributed by atoms with Crippen LogP contribution in [0.25, 0.3) is 0 Å². The van der Waals surface area contributed by atoms with Crippen molar-refractivity contribution in [2.45, 2.75) is 26.3 Å². The fraction of sp³-hybridized carbons (Fsp3) is 0.455. The van der Waals surface area contributed by atoms with Crippen LogP contribution in [-0.4, -0.2) is 23.3 Å². The first-order valence-corrected chi connectivity index (χ1v) is 5.02. The predicted octanol–water partition coefficient (Wildman–Crippen LogP) is 2.61. The molecule has 0 saturated carbocycles. The summed E-state index contributed by atoms with van der Waals surface area (Å²) in [7, 11) is 1.89. The smallest absolute Gasteiger partial charge is 0.212 e. The Kier molecular flexibility index (Phi) is 4.21. The van der Waals surface area contributed by atoms with Crippen LogP contribution in [0.1, 0.15) is 31.9 Å². The van der Waals surface area contributed by atoms with Gasteiger partial charge in [-0.05, 0) is 25.0 Å². The van der Waals surface area contributed by atoms with Crippen molar-refractivity contribution in [1.29, 1.82) is 0 Å². The first kappa shape index (κ1) is 11.6. The molecule has 0 spiro atoms. The number of pyridine rings is 1. The molecular weight excluding hydrogens is 193 g/mol. The van der Waals surface area contributed by atoms with Crippen LogP contribution in [-0.2, 0) is 0 Å². The van der Waals surface area contributed by atoms with E-state index in [1.807, 2.05) is 32.1 Å². The third-order valence-electron chi connectivity index (χ3n) is 2.24. The molecule has 1 rings (SSSR count). The SMILES string of the molecule is CC/C=N\N(C)C(C)c1ccc(F)nc1. The van der Waals surface area contributed by atoms with Gasteiger partial charge in [0.15, 0.2) is 0 Å². The third-order valence-corrected chi connectivity index (χ3v) is 2.24. The number of hydrogen-bond acceptors (Lipinski definition) is 3. The highest BCUT2D eigenvalue weighted by Gasteiger charge is 2.09. The first-order valence-electron chi connectivity index (χ1n) is 5.02. The van der Waals surface area contributed by atoms with Gasteiger partial charge in [-0.1, -0.05) is 13.0 Å². The molecule has 0 fully saturated rings. The van der Waals surface area contributed by atoms with E-state index in [4.69, 9.17) is 0 Å². The lowest BCUT2D eigenvalue weighted by Gasteiger charge is -2.21. The van der Waals surface area contributed by atoms with Crippen LogP contribution >= 0.6 is 0 Å². The van der Waals surface area contributed by atoms with Gasteiger partial charge in [-0.15, -0.1) is 0 Å². The average molecular weight is 209 g/mol. The van der Waals surface area contributed by atoms with Gasteiger partial charge in [-0.2, -0.15) is 9.49 Å². The molecule has 1 unspecified atom stereocenters. The maximum Gasteiger partial charge on any atom is 0.212 e. The zero-order valence-corrected chi connectivity index (χ0v) is 9.31. The fourth-order valence-corrected chi connectivity index (χ4v) is 1.16. The Morgan fingerprint density at radius 1 is 1.60 bits per heavy atom. The number of halogens is 1. The van der Waals surface area contributed by atoms with Gasteiger partial charge in [-0.25, -0.2) is 4.98 Å². The van der Waals surface area contributed by atoms with Crippen molar-refractivity contribution in [2.24, 2.45) is 5.10 Å². The highest BCUT2D eigenvalue weighted by molar-refractivity contribution is 5.56. The Labute approximate surface area is 89.6 Å². The quantitative estimate of drug-likeness (QED) is 0.433. The molecule has 0 aliphatic carbocycles. The summed E-state index contributed by atoms with van der Waals surface area (Å²) in [4.78, 5) is 3.62. The Morgan fingerprint density at radius 3 is 2.87 bits per heavy atom. The molecule has 82 valence electrons. The number of hydrogen-bond donors (Lipinski definition) is 0. The van der Waals surface area contributed by atoms with Crippen molar-refractivity contribution >= 4 is 6.21 Å².